The van der Waals surface area contributed by atoms with E-state index in [2.05, 4.69) is 44.8 Å². The molecule has 2 aliphatic heterocycles. The number of hydrogen-bond acceptors (Lipinski definition) is 6. The Morgan fingerprint density at radius 1 is 1.27 bits per heavy atom. The Hall–Kier alpha value is -1.79. The van der Waals surface area contributed by atoms with Gasteiger partial charge in [0.05, 0.1) is 11.7 Å². The van der Waals surface area contributed by atoms with Gasteiger partial charge >= 0.3 is 0 Å². The van der Waals surface area contributed by atoms with Crippen LogP contribution >= 0.6 is 11.3 Å². The monoisotopic (exact) mass is 316 g/mol. The molecule has 3 heterocycles. The van der Waals surface area contributed by atoms with Gasteiger partial charge in [-0.3, -0.25) is 0 Å². The smallest absolute Gasteiger partial charge is 0.180 e. The van der Waals surface area contributed by atoms with Crippen LogP contribution in [0.3, 0.4) is 0 Å². The van der Waals surface area contributed by atoms with E-state index in [1.165, 1.54) is 23.4 Å². The van der Waals surface area contributed by atoms with Gasteiger partial charge in [-0.05, 0) is 37.1 Å². The zero-order valence-electron chi connectivity index (χ0n) is 12.4. The van der Waals surface area contributed by atoms with Crippen molar-refractivity contribution in [1.29, 1.82) is 0 Å². The van der Waals surface area contributed by atoms with Crippen LogP contribution in [0.4, 0.5) is 10.8 Å². The van der Waals surface area contributed by atoms with Crippen LogP contribution in [0.5, 0.6) is 5.75 Å². The van der Waals surface area contributed by atoms with Gasteiger partial charge in [0.25, 0.3) is 0 Å². The number of nitrogens with two attached hydrogens (primary N) is 1. The molecule has 1 aromatic heterocycles. The second-order valence-electron chi connectivity index (χ2n) is 5.85. The molecule has 6 heteroatoms. The number of thiazole rings is 1. The molecule has 0 aliphatic carbocycles. The lowest BCUT2D eigenvalue weighted by Gasteiger charge is -2.29. The van der Waals surface area contributed by atoms with Crippen molar-refractivity contribution < 1.29 is 4.74 Å². The summed E-state index contributed by atoms with van der Waals surface area (Å²) in [5, 5.41) is 5.95. The third-order valence-electron chi connectivity index (χ3n) is 4.35. The summed E-state index contributed by atoms with van der Waals surface area (Å²) in [7, 11) is 0. The molecule has 0 saturated carbocycles. The number of nitrogen functional groups attached to an aromatic ring is 1. The van der Waals surface area contributed by atoms with Crippen LogP contribution in [0.1, 0.15) is 24.6 Å². The molecule has 4 rings (SSSR count). The predicted molar refractivity (Wildman–Crippen MR) is 89.6 cm³/mol. The number of rotatable bonds is 4. The van der Waals surface area contributed by atoms with Crippen LogP contribution in [-0.4, -0.2) is 30.7 Å². The standard InChI is InChI=1S/C16H20N4OS/c17-16-19-14(10-22-16)15-2-1-7-20(15)11-3-5-12(6-4-11)21-13-8-18-9-13/h3-6,10,13,15,18H,1-2,7-9H2,(H2,17,19). The Balaban J connectivity index is 1.50. The Kier molecular flexibility index (Phi) is 3.63. The van der Waals surface area contributed by atoms with Crippen LogP contribution in [0.2, 0.25) is 0 Å². The lowest BCUT2D eigenvalue weighted by Crippen LogP contribution is -2.50. The first-order valence-corrected chi connectivity index (χ1v) is 8.62. The fourth-order valence-corrected chi connectivity index (χ4v) is 3.70. The van der Waals surface area contributed by atoms with Gasteiger partial charge in [-0.15, -0.1) is 11.3 Å². The van der Waals surface area contributed by atoms with Gasteiger partial charge in [-0.25, -0.2) is 4.98 Å². The maximum Gasteiger partial charge on any atom is 0.180 e. The van der Waals surface area contributed by atoms with E-state index in [1.807, 2.05) is 0 Å². The minimum absolute atomic E-state index is 0.323. The van der Waals surface area contributed by atoms with E-state index in [1.54, 1.807) is 0 Å². The maximum absolute atomic E-state index is 5.87. The zero-order chi connectivity index (χ0) is 14.9. The number of hydrogen-bond donors (Lipinski definition) is 2. The highest BCUT2D eigenvalue weighted by atomic mass is 32.1. The molecular weight excluding hydrogens is 296 g/mol. The first-order valence-electron chi connectivity index (χ1n) is 7.74. The van der Waals surface area contributed by atoms with Crippen molar-refractivity contribution in [1.82, 2.24) is 10.3 Å². The normalized spacial score (nSPS) is 21.8. The number of anilines is 2. The van der Waals surface area contributed by atoms with Crippen LogP contribution in [0, 0.1) is 0 Å². The summed E-state index contributed by atoms with van der Waals surface area (Å²) in [5.74, 6) is 0.948. The van der Waals surface area contributed by atoms with E-state index in [0.717, 1.165) is 37.5 Å². The van der Waals surface area contributed by atoms with E-state index < -0.39 is 0 Å². The molecule has 2 saturated heterocycles. The third-order valence-corrected chi connectivity index (χ3v) is 5.04. The van der Waals surface area contributed by atoms with Crippen LogP contribution in [0.25, 0.3) is 0 Å². The number of nitrogens with zero attached hydrogens (tertiary/aromatic N) is 2. The second-order valence-corrected chi connectivity index (χ2v) is 6.74. The molecule has 1 atom stereocenters. The molecule has 2 fully saturated rings. The van der Waals surface area contributed by atoms with Gasteiger partial charge in [-0.2, -0.15) is 0 Å². The topological polar surface area (TPSA) is 63.4 Å². The van der Waals surface area contributed by atoms with Crippen LogP contribution in [0.15, 0.2) is 29.6 Å². The molecule has 0 bridgehead atoms. The summed E-state index contributed by atoms with van der Waals surface area (Å²) in [6.45, 7) is 2.96. The van der Waals surface area contributed by atoms with E-state index >= 15 is 0 Å². The molecule has 2 aromatic rings. The van der Waals surface area contributed by atoms with Gasteiger partial charge in [-0.1, -0.05) is 0 Å². The molecule has 116 valence electrons. The minimum atomic E-state index is 0.323. The number of benzene rings is 1. The molecule has 5 nitrogen and oxygen atoms in total. The lowest BCUT2D eigenvalue weighted by molar-refractivity contribution is 0.142. The molecule has 2 aliphatic rings. The maximum atomic E-state index is 5.87. The van der Waals surface area contributed by atoms with E-state index in [4.69, 9.17) is 10.5 Å². The Labute approximate surface area is 134 Å². The van der Waals surface area contributed by atoms with Crippen molar-refractivity contribution >= 4 is 22.2 Å². The highest BCUT2D eigenvalue weighted by Crippen LogP contribution is 2.37. The zero-order valence-corrected chi connectivity index (χ0v) is 13.2. The third kappa shape index (κ3) is 2.64. The fraction of sp³-hybridized carbons (Fsp3) is 0.438. The van der Waals surface area contributed by atoms with Gasteiger partial charge in [0.2, 0.25) is 0 Å². The molecule has 0 spiro atoms. The van der Waals surface area contributed by atoms with E-state index in [0.29, 0.717) is 17.3 Å². The van der Waals surface area contributed by atoms with Crippen molar-refractivity contribution in [2.75, 3.05) is 30.3 Å². The average Bonchev–Trinajstić information content (AvgIpc) is 3.12. The first kappa shape index (κ1) is 13.8. The summed E-state index contributed by atoms with van der Waals surface area (Å²) in [6.07, 6.45) is 2.65. The molecule has 0 radical (unpaired) electrons. The highest BCUT2D eigenvalue weighted by Gasteiger charge is 2.28. The first-order chi connectivity index (χ1) is 10.8. The predicted octanol–water partition coefficient (Wildman–Crippen LogP) is 2.42. The number of ether oxygens (including phenoxy) is 1. The Morgan fingerprint density at radius 2 is 2.09 bits per heavy atom. The molecule has 1 unspecified atom stereocenters. The van der Waals surface area contributed by atoms with Crippen molar-refractivity contribution in [3.05, 3.63) is 35.3 Å². The van der Waals surface area contributed by atoms with Crippen molar-refractivity contribution in [2.24, 2.45) is 0 Å². The minimum Gasteiger partial charge on any atom is -0.488 e. The quantitative estimate of drug-likeness (QED) is 0.907. The van der Waals surface area contributed by atoms with Crippen molar-refractivity contribution in [3.63, 3.8) is 0 Å². The molecule has 0 amide bonds. The molecule has 22 heavy (non-hydrogen) atoms. The summed E-state index contributed by atoms with van der Waals surface area (Å²) in [4.78, 5) is 6.89. The molecule has 1 aromatic carbocycles. The van der Waals surface area contributed by atoms with Crippen LogP contribution < -0.4 is 20.7 Å². The van der Waals surface area contributed by atoms with Crippen molar-refractivity contribution in [2.45, 2.75) is 25.0 Å². The van der Waals surface area contributed by atoms with E-state index in [9.17, 15) is 0 Å². The van der Waals surface area contributed by atoms with Gasteiger partial charge in [0.1, 0.15) is 11.9 Å². The van der Waals surface area contributed by atoms with Crippen molar-refractivity contribution in [3.8, 4) is 5.75 Å². The summed E-state index contributed by atoms with van der Waals surface area (Å²) < 4.78 is 5.87. The summed E-state index contributed by atoms with van der Waals surface area (Å²) >= 11 is 1.52. The van der Waals surface area contributed by atoms with Gasteiger partial charge in [0.15, 0.2) is 5.13 Å². The van der Waals surface area contributed by atoms with Gasteiger partial charge in [0, 0.05) is 30.7 Å². The Morgan fingerprint density at radius 3 is 2.73 bits per heavy atom. The molecule has 3 N–H and O–H groups in total. The number of nitrogens with one attached hydrogen (secondary N) is 1. The van der Waals surface area contributed by atoms with E-state index in [-0.39, 0.29) is 0 Å². The van der Waals surface area contributed by atoms with Crippen LogP contribution in [-0.2, 0) is 0 Å². The lowest BCUT2D eigenvalue weighted by atomic mass is 10.1. The number of aromatic nitrogens is 1. The highest BCUT2D eigenvalue weighted by molar-refractivity contribution is 7.13. The SMILES string of the molecule is Nc1nc(C2CCCN2c2ccc(OC3CNC3)cc2)cs1. The average molecular weight is 316 g/mol. The fourth-order valence-electron chi connectivity index (χ4n) is 3.09. The largest absolute Gasteiger partial charge is 0.488 e. The molecular formula is C16H20N4OS. The summed E-state index contributed by atoms with van der Waals surface area (Å²) in [6, 6.07) is 8.78. The van der Waals surface area contributed by atoms with Gasteiger partial charge < -0.3 is 20.7 Å². The summed E-state index contributed by atoms with van der Waals surface area (Å²) in [5.41, 5.74) is 8.11. The Bertz CT molecular complexity index is 638. The second kappa shape index (κ2) is 5.78.